The second-order valence-corrected chi connectivity index (χ2v) is 6.54. The Labute approximate surface area is 152 Å². The van der Waals surface area contributed by atoms with Gasteiger partial charge in [-0.15, -0.1) is 0 Å². The van der Waals surface area contributed by atoms with Gasteiger partial charge in [0, 0.05) is 24.3 Å². The van der Waals surface area contributed by atoms with Gasteiger partial charge in [-0.25, -0.2) is 4.98 Å². The van der Waals surface area contributed by atoms with E-state index in [1.807, 2.05) is 0 Å². The number of benzene rings is 1. The number of nitriles is 1. The number of hydrogen-bond donors (Lipinski definition) is 3. The third kappa shape index (κ3) is 4.38. The van der Waals surface area contributed by atoms with E-state index in [2.05, 4.69) is 21.7 Å². The lowest BCUT2D eigenvalue weighted by atomic mass is 9.86. The summed E-state index contributed by atoms with van der Waals surface area (Å²) in [5.74, 6) is 0.382. The van der Waals surface area contributed by atoms with Crippen LogP contribution in [0.15, 0.2) is 42.6 Å². The molecule has 1 heterocycles. The van der Waals surface area contributed by atoms with Gasteiger partial charge in [0.25, 0.3) is 5.91 Å². The van der Waals surface area contributed by atoms with E-state index in [0.717, 1.165) is 25.7 Å². The van der Waals surface area contributed by atoms with Crippen LogP contribution in [-0.2, 0) is 0 Å². The number of rotatable bonds is 5. The van der Waals surface area contributed by atoms with Crippen molar-refractivity contribution >= 4 is 17.4 Å². The van der Waals surface area contributed by atoms with Crippen LogP contribution in [0.4, 0.5) is 11.5 Å². The van der Waals surface area contributed by atoms with Gasteiger partial charge in [-0.05, 0) is 43.2 Å². The molecular weight excluding hydrogens is 328 g/mol. The zero-order chi connectivity index (χ0) is 18.4. The van der Waals surface area contributed by atoms with Gasteiger partial charge < -0.3 is 15.7 Å². The van der Waals surface area contributed by atoms with E-state index in [4.69, 9.17) is 5.26 Å². The third-order valence-electron chi connectivity index (χ3n) is 4.70. The molecular formula is C20H22N4O2. The quantitative estimate of drug-likeness (QED) is 0.769. The van der Waals surface area contributed by atoms with Crippen LogP contribution < -0.4 is 10.6 Å². The van der Waals surface area contributed by atoms with Crippen LogP contribution in [0, 0.1) is 17.2 Å². The second-order valence-electron chi connectivity index (χ2n) is 6.54. The first kappa shape index (κ1) is 17.9. The Balaban J connectivity index is 1.69. The van der Waals surface area contributed by atoms with E-state index in [1.54, 1.807) is 42.6 Å². The van der Waals surface area contributed by atoms with E-state index < -0.39 is 0 Å². The molecule has 1 aliphatic carbocycles. The Morgan fingerprint density at radius 3 is 2.92 bits per heavy atom. The zero-order valence-electron chi connectivity index (χ0n) is 14.5. The molecule has 0 bridgehead atoms. The average molecular weight is 350 g/mol. The van der Waals surface area contributed by atoms with Gasteiger partial charge in [-0.3, -0.25) is 4.79 Å². The van der Waals surface area contributed by atoms with Crippen LogP contribution in [0.25, 0.3) is 0 Å². The molecule has 6 heteroatoms. The molecule has 1 saturated carbocycles. The molecule has 0 unspecified atom stereocenters. The van der Waals surface area contributed by atoms with Crippen LogP contribution in [0.2, 0.25) is 0 Å². The minimum atomic E-state index is -0.300. The van der Waals surface area contributed by atoms with Gasteiger partial charge >= 0.3 is 0 Å². The molecule has 1 fully saturated rings. The lowest BCUT2D eigenvalue weighted by Gasteiger charge is -2.28. The van der Waals surface area contributed by atoms with Crippen LogP contribution in [-0.4, -0.2) is 28.6 Å². The number of carbonyl (C=O) groups excluding carboxylic acids is 1. The number of pyridine rings is 1. The predicted molar refractivity (Wildman–Crippen MR) is 99.8 cm³/mol. The van der Waals surface area contributed by atoms with Crippen LogP contribution in [0.1, 0.15) is 41.6 Å². The molecule has 2 aromatic rings. The normalized spacial score (nSPS) is 19.4. The van der Waals surface area contributed by atoms with Crippen molar-refractivity contribution in [2.24, 2.45) is 5.92 Å². The van der Waals surface area contributed by atoms with E-state index in [0.29, 0.717) is 29.2 Å². The fourth-order valence-electron chi connectivity index (χ4n) is 3.25. The van der Waals surface area contributed by atoms with Gasteiger partial charge in [-0.2, -0.15) is 5.26 Å². The second kappa shape index (κ2) is 8.45. The zero-order valence-corrected chi connectivity index (χ0v) is 14.5. The maximum atomic E-state index is 12.6. The summed E-state index contributed by atoms with van der Waals surface area (Å²) in [5.41, 5.74) is 1.48. The minimum absolute atomic E-state index is 0.175. The average Bonchev–Trinajstić information content (AvgIpc) is 2.67. The molecule has 1 aliphatic rings. The standard InChI is InChI=1S/C20H22N4O2/c21-12-14-5-3-7-16(11-14)24-20(26)17-8-4-10-22-19(17)23-13-15-6-1-2-9-18(15)25/h3-5,7-8,10-11,15,18,25H,1-2,6,9,13H2,(H,22,23)(H,24,26)/t15-,18-/m0/s1. The van der Waals surface area contributed by atoms with Gasteiger partial charge in [0.2, 0.25) is 0 Å². The topological polar surface area (TPSA) is 98.0 Å². The number of nitrogens with zero attached hydrogens (tertiary/aromatic N) is 2. The summed E-state index contributed by atoms with van der Waals surface area (Å²) in [5, 5.41) is 25.1. The highest BCUT2D eigenvalue weighted by Gasteiger charge is 2.23. The van der Waals surface area contributed by atoms with Crippen LogP contribution >= 0.6 is 0 Å². The first-order chi connectivity index (χ1) is 12.7. The van der Waals surface area contributed by atoms with Crippen LogP contribution in [0.3, 0.4) is 0 Å². The Morgan fingerprint density at radius 2 is 2.12 bits per heavy atom. The fraction of sp³-hybridized carbons (Fsp3) is 0.350. The molecule has 0 saturated heterocycles. The lowest BCUT2D eigenvalue weighted by molar-refractivity contribution is 0.0763. The first-order valence-electron chi connectivity index (χ1n) is 8.86. The number of amides is 1. The van der Waals surface area contributed by atoms with E-state index >= 15 is 0 Å². The summed E-state index contributed by atoms with van der Waals surface area (Å²) < 4.78 is 0. The van der Waals surface area contributed by atoms with Crippen molar-refractivity contribution in [2.45, 2.75) is 31.8 Å². The fourth-order valence-corrected chi connectivity index (χ4v) is 3.25. The molecule has 3 N–H and O–H groups in total. The summed E-state index contributed by atoms with van der Waals surface area (Å²) in [7, 11) is 0. The van der Waals surface area contributed by atoms with Gasteiger partial charge in [-0.1, -0.05) is 18.9 Å². The van der Waals surface area contributed by atoms with Crippen molar-refractivity contribution in [3.8, 4) is 6.07 Å². The molecule has 1 amide bonds. The molecule has 1 aromatic carbocycles. The van der Waals surface area contributed by atoms with Gasteiger partial charge in [0.1, 0.15) is 5.82 Å². The molecule has 3 rings (SSSR count). The van der Waals surface area contributed by atoms with Crippen molar-refractivity contribution in [3.63, 3.8) is 0 Å². The summed E-state index contributed by atoms with van der Waals surface area (Å²) in [6.07, 6.45) is 5.32. The van der Waals surface area contributed by atoms with E-state index in [9.17, 15) is 9.90 Å². The number of aromatic nitrogens is 1. The molecule has 1 aromatic heterocycles. The third-order valence-corrected chi connectivity index (χ3v) is 4.70. The Bertz CT molecular complexity index is 815. The molecule has 26 heavy (non-hydrogen) atoms. The highest BCUT2D eigenvalue weighted by Crippen LogP contribution is 2.25. The van der Waals surface area contributed by atoms with Gasteiger partial charge in [0.15, 0.2) is 0 Å². The maximum Gasteiger partial charge on any atom is 0.259 e. The number of aliphatic hydroxyl groups excluding tert-OH is 1. The Morgan fingerprint density at radius 1 is 1.27 bits per heavy atom. The summed E-state index contributed by atoms with van der Waals surface area (Å²) in [6.45, 7) is 0.586. The highest BCUT2D eigenvalue weighted by atomic mass is 16.3. The predicted octanol–water partition coefficient (Wildman–Crippen LogP) is 3.17. The van der Waals surface area contributed by atoms with E-state index in [1.165, 1.54) is 0 Å². The van der Waals surface area contributed by atoms with Crippen molar-refractivity contribution in [3.05, 3.63) is 53.7 Å². The van der Waals surface area contributed by atoms with Crippen molar-refractivity contribution in [2.75, 3.05) is 17.2 Å². The summed E-state index contributed by atoms with van der Waals surface area (Å²) >= 11 is 0. The largest absolute Gasteiger partial charge is 0.393 e. The van der Waals surface area contributed by atoms with Crippen molar-refractivity contribution < 1.29 is 9.90 Å². The van der Waals surface area contributed by atoms with Crippen LogP contribution in [0.5, 0.6) is 0 Å². The number of nitrogens with one attached hydrogen (secondary N) is 2. The Hall–Kier alpha value is -2.91. The first-order valence-corrected chi connectivity index (χ1v) is 8.86. The Kier molecular flexibility index (Phi) is 5.82. The maximum absolute atomic E-state index is 12.6. The van der Waals surface area contributed by atoms with Crippen molar-refractivity contribution in [1.82, 2.24) is 4.98 Å². The smallest absolute Gasteiger partial charge is 0.259 e. The molecule has 0 aliphatic heterocycles. The highest BCUT2D eigenvalue weighted by molar-refractivity contribution is 6.07. The number of hydrogen-bond acceptors (Lipinski definition) is 5. The van der Waals surface area contributed by atoms with E-state index in [-0.39, 0.29) is 17.9 Å². The minimum Gasteiger partial charge on any atom is -0.393 e. The monoisotopic (exact) mass is 350 g/mol. The molecule has 134 valence electrons. The van der Waals surface area contributed by atoms with Gasteiger partial charge in [0.05, 0.1) is 23.3 Å². The number of anilines is 2. The number of carbonyl (C=O) groups is 1. The lowest BCUT2D eigenvalue weighted by Crippen LogP contribution is -2.31. The SMILES string of the molecule is N#Cc1cccc(NC(=O)c2cccnc2NC[C@@H]2CCCC[C@@H]2O)c1. The molecule has 0 spiro atoms. The molecule has 0 radical (unpaired) electrons. The molecule has 2 atom stereocenters. The molecule has 6 nitrogen and oxygen atoms in total. The van der Waals surface area contributed by atoms with Crippen molar-refractivity contribution in [1.29, 1.82) is 5.26 Å². The summed E-state index contributed by atoms with van der Waals surface area (Å²) in [6, 6.07) is 12.2. The summed E-state index contributed by atoms with van der Waals surface area (Å²) in [4.78, 5) is 16.9. The number of aliphatic hydroxyl groups is 1.